The van der Waals surface area contributed by atoms with Crippen LogP contribution in [-0.4, -0.2) is 48.7 Å². The van der Waals surface area contributed by atoms with Crippen molar-refractivity contribution in [3.8, 4) is 0 Å². The van der Waals surface area contributed by atoms with Crippen molar-refractivity contribution in [2.75, 3.05) is 37.6 Å². The fraction of sp³-hybridized carbons (Fsp3) is 0.462. The highest BCUT2D eigenvalue weighted by molar-refractivity contribution is 6.31. The lowest BCUT2D eigenvalue weighted by molar-refractivity contribution is -0.138. The number of nitrogens with zero attached hydrogens (tertiary/aromatic N) is 2. The van der Waals surface area contributed by atoms with Crippen LogP contribution in [0.3, 0.4) is 0 Å². The van der Waals surface area contributed by atoms with Crippen LogP contribution in [0.2, 0.25) is 5.02 Å². The molecule has 1 N–H and O–H groups in total. The summed E-state index contributed by atoms with van der Waals surface area (Å²) < 4.78 is 0. The van der Waals surface area contributed by atoms with E-state index in [4.69, 9.17) is 16.7 Å². The number of hydrogen-bond donors (Lipinski definition) is 1. The number of halogens is 1. The van der Waals surface area contributed by atoms with Gasteiger partial charge in [-0.1, -0.05) is 17.7 Å². The quantitative estimate of drug-likeness (QED) is 0.909. The maximum atomic E-state index is 10.6. The number of aliphatic carboxylic acids is 1. The molecule has 1 heterocycles. The predicted octanol–water partition coefficient (Wildman–Crippen LogP) is 1.86. The van der Waals surface area contributed by atoms with E-state index in [1.807, 2.05) is 24.0 Å². The Morgan fingerprint density at radius 2 is 2.00 bits per heavy atom. The van der Waals surface area contributed by atoms with Gasteiger partial charge in [0.2, 0.25) is 0 Å². The zero-order valence-corrected chi connectivity index (χ0v) is 11.2. The lowest BCUT2D eigenvalue weighted by atomic mass is 10.2. The predicted molar refractivity (Wildman–Crippen MR) is 72.5 cm³/mol. The Morgan fingerprint density at radius 3 is 2.56 bits per heavy atom. The van der Waals surface area contributed by atoms with Gasteiger partial charge in [0.1, 0.15) is 0 Å². The number of piperazine rings is 1. The zero-order valence-electron chi connectivity index (χ0n) is 10.4. The van der Waals surface area contributed by atoms with Gasteiger partial charge in [0, 0.05) is 36.9 Å². The molecule has 98 valence electrons. The fourth-order valence-corrected chi connectivity index (χ4v) is 2.31. The molecule has 1 aromatic rings. The Labute approximate surface area is 112 Å². The van der Waals surface area contributed by atoms with Crippen molar-refractivity contribution in [3.63, 3.8) is 0 Å². The van der Waals surface area contributed by atoms with Crippen molar-refractivity contribution in [1.29, 1.82) is 0 Å². The van der Waals surface area contributed by atoms with Crippen molar-refractivity contribution in [2.24, 2.45) is 0 Å². The van der Waals surface area contributed by atoms with Crippen molar-refractivity contribution in [1.82, 2.24) is 4.90 Å². The summed E-state index contributed by atoms with van der Waals surface area (Å²) in [6.07, 6.45) is 0. The molecule has 0 radical (unpaired) electrons. The topological polar surface area (TPSA) is 43.8 Å². The number of hydrogen-bond acceptors (Lipinski definition) is 3. The van der Waals surface area contributed by atoms with Crippen LogP contribution < -0.4 is 4.90 Å². The first kappa shape index (κ1) is 13.2. The number of carboxylic acid groups (broad SMARTS) is 1. The van der Waals surface area contributed by atoms with Gasteiger partial charge in [-0.15, -0.1) is 0 Å². The molecule has 1 aliphatic heterocycles. The molecule has 1 saturated heterocycles. The maximum Gasteiger partial charge on any atom is 0.317 e. The first-order chi connectivity index (χ1) is 8.56. The Kier molecular flexibility index (Phi) is 4.09. The molecule has 0 amide bonds. The Hall–Kier alpha value is -1.26. The summed E-state index contributed by atoms with van der Waals surface area (Å²) in [6.45, 7) is 5.34. The second-order valence-electron chi connectivity index (χ2n) is 4.59. The molecule has 0 aromatic heterocycles. The molecule has 5 heteroatoms. The van der Waals surface area contributed by atoms with E-state index in [1.165, 1.54) is 0 Å². The summed E-state index contributed by atoms with van der Waals surface area (Å²) in [4.78, 5) is 14.8. The van der Waals surface area contributed by atoms with Gasteiger partial charge in [0.25, 0.3) is 0 Å². The summed E-state index contributed by atoms with van der Waals surface area (Å²) in [7, 11) is 0. The number of carbonyl (C=O) groups is 1. The highest BCUT2D eigenvalue weighted by Gasteiger charge is 2.19. The van der Waals surface area contributed by atoms with Crippen LogP contribution in [0.5, 0.6) is 0 Å². The Balaban J connectivity index is 1.96. The molecule has 1 fully saturated rings. The van der Waals surface area contributed by atoms with Crippen molar-refractivity contribution >= 4 is 23.3 Å². The number of benzene rings is 1. The highest BCUT2D eigenvalue weighted by atomic mass is 35.5. The van der Waals surface area contributed by atoms with E-state index in [0.717, 1.165) is 42.5 Å². The van der Waals surface area contributed by atoms with Crippen LogP contribution in [0.25, 0.3) is 0 Å². The molecule has 0 aliphatic carbocycles. The van der Waals surface area contributed by atoms with Crippen molar-refractivity contribution < 1.29 is 9.90 Å². The lowest BCUT2D eigenvalue weighted by Crippen LogP contribution is -2.48. The molecule has 0 spiro atoms. The molecular formula is C13H17ClN2O2. The summed E-state index contributed by atoms with van der Waals surface area (Å²) >= 11 is 6.12. The van der Waals surface area contributed by atoms with E-state index in [1.54, 1.807) is 0 Å². The van der Waals surface area contributed by atoms with Crippen LogP contribution in [0, 0.1) is 6.92 Å². The summed E-state index contributed by atoms with van der Waals surface area (Å²) in [5.41, 5.74) is 2.19. The van der Waals surface area contributed by atoms with Crippen LogP contribution in [0.4, 0.5) is 5.69 Å². The van der Waals surface area contributed by atoms with E-state index in [-0.39, 0.29) is 6.54 Å². The largest absolute Gasteiger partial charge is 0.480 e. The van der Waals surface area contributed by atoms with Crippen LogP contribution in [0.15, 0.2) is 18.2 Å². The van der Waals surface area contributed by atoms with E-state index < -0.39 is 5.97 Å². The molecule has 2 rings (SSSR count). The minimum atomic E-state index is -0.762. The molecule has 0 bridgehead atoms. The smallest absolute Gasteiger partial charge is 0.317 e. The van der Waals surface area contributed by atoms with Gasteiger partial charge in [0.05, 0.1) is 6.54 Å². The zero-order chi connectivity index (χ0) is 13.1. The number of carboxylic acids is 1. The third-order valence-electron chi connectivity index (χ3n) is 3.25. The fourth-order valence-electron chi connectivity index (χ4n) is 2.13. The Morgan fingerprint density at radius 1 is 1.33 bits per heavy atom. The van der Waals surface area contributed by atoms with Gasteiger partial charge < -0.3 is 10.0 Å². The molecular weight excluding hydrogens is 252 g/mol. The minimum Gasteiger partial charge on any atom is -0.480 e. The SMILES string of the molecule is Cc1ccc(N2CCN(CC(=O)O)CC2)cc1Cl. The monoisotopic (exact) mass is 268 g/mol. The standard InChI is InChI=1S/C13H17ClN2O2/c1-10-2-3-11(8-12(10)14)16-6-4-15(5-7-16)9-13(17)18/h2-3,8H,4-7,9H2,1H3,(H,17,18). The average molecular weight is 269 g/mol. The lowest BCUT2D eigenvalue weighted by Gasteiger charge is -2.35. The average Bonchev–Trinajstić information content (AvgIpc) is 2.33. The first-order valence-corrected chi connectivity index (χ1v) is 6.39. The normalized spacial score (nSPS) is 16.9. The van der Waals surface area contributed by atoms with Gasteiger partial charge >= 0.3 is 5.97 Å². The second kappa shape index (κ2) is 5.59. The number of aryl methyl sites for hydroxylation is 1. The molecule has 0 atom stereocenters. The van der Waals surface area contributed by atoms with Gasteiger partial charge in [-0.25, -0.2) is 0 Å². The molecule has 4 nitrogen and oxygen atoms in total. The molecule has 1 aliphatic rings. The Bertz CT molecular complexity index is 443. The number of anilines is 1. The van der Waals surface area contributed by atoms with Gasteiger partial charge in [-0.3, -0.25) is 9.69 Å². The molecule has 1 aromatic carbocycles. The summed E-state index contributed by atoms with van der Waals surface area (Å²) in [6, 6.07) is 6.05. The molecule has 0 unspecified atom stereocenters. The van der Waals surface area contributed by atoms with Crippen LogP contribution >= 0.6 is 11.6 Å². The molecule has 18 heavy (non-hydrogen) atoms. The van der Waals surface area contributed by atoms with Gasteiger partial charge in [-0.05, 0) is 24.6 Å². The van der Waals surface area contributed by atoms with Crippen LogP contribution in [-0.2, 0) is 4.79 Å². The molecule has 0 saturated carbocycles. The third-order valence-corrected chi connectivity index (χ3v) is 3.66. The second-order valence-corrected chi connectivity index (χ2v) is 5.00. The summed E-state index contributed by atoms with van der Waals surface area (Å²) in [5.74, 6) is -0.762. The van der Waals surface area contributed by atoms with Gasteiger partial charge in [0.15, 0.2) is 0 Å². The van der Waals surface area contributed by atoms with Crippen molar-refractivity contribution in [3.05, 3.63) is 28.8 Å². The van der Waals surface area contributed by atoms with Gasteiger partial charge in [-0.2, -0.15) is 0 Å². The third kappa shape index (κ3) is 3.15. The van der Waals surface area contributed by atoms with Crippen LogP contribution in [0.1, 0.15) is 5.56 Å². The maximum absolute atomic E-state index is 10.6. The van der Waals surface area contributed by atoms with E-state index >= 15 is 0 Å². The van der Waals surface area contributed by atoms with Crippen molar-refractivity contribution in [2.45, 2.75) is 6.92 Å². The highest BCUT2D eigenvalue weighted by Crippen LogP contribution is 2.23. The summed E-state index contributed by atoms with van der Waals surface area (Å²) in [5, 5.41) is 9.52. The minimum absolute atomic E-state index is 0.127. The number of rotatable bonds is 3. The van der Waals surface area contributed by atoms with E-state index in [9.17, 15) is 4.79 Å². The van der Waals surface area contributed by atoms with E-state index in [0.29, 0.717) is 0 Å². The first-order valence-electron chi connectivity index (χ1n) is 6.01. The van der Waals surface area contributed by atoms with E-state index in [2.05, 4.69) is 11.0 Å².